The summed E-state index contributed by atoms with van der Waals surface area (Å²) >= 11 is 0. The summed E-state index contributed by atoms with van der Waals surface area (Å²) in [5.41, 5.74) is 2.13. The lowest BCUT2D eigenvalue weighted by molar-refractivity contribution is 0.160. The molecule has 0 saturated carbocycles. The molecule has 1 saturated heterocycles. The van der Waals surface area contributed by atoms with Gasteiger partial charge in [-0.2, -0.15) is 0 Å². The van der Waals surface area contributed by atoms with Crippen molar-refractivity contribution >= 4 is 11.3 Å². The zero-order valence-electron chi connectivity index (χ0n) is 17.8. The predicted molar refractivity (Wildman–Crippen MR) is 119 cm³/mol. The summed E-state index contributed by atoms with van der Waals surface area (Å²) in [6, 6.07) is 5.41. The van der Waals surface area contributed by atoms with E-state index >= 15 is 0 Å². The van der Waals surface area contributed by atoms with Crippen molar-refractivity contribution in [1.82, 2.24) is 9.80 Å². The summed E-state index contributed by atoms with van der Waals surface area (Å²) in [6.45, 7) is 8.53. The molecule has 2 heterocycles. The van der Waals surface area contributed by atoms with Crippen molar-refractivity contribution in [2.75, 3.05) is 27.2 Å². The van der Waals surface area contributed by atoms with Gasteiger partial charge in [-0.25, -0.2) is 9.38 Å². The number of allylic oxidation sites excluding steroid dienone is 3. The number of likely N-dealkylation sites (tertiary alicyclic amines) is 1. The largest absolute Gasteiger partial charge is 0.497 e. The van der Waals surface area contributed by atoms with Gasteiger partial charge in [0.25, 0.3) is 0 Å². The van der Waals surface area contributed by atoms with Gasteiger partial charge in [0.05, 0.1) is 7.11 Å². The Morgan fingerprint density at radius 1 is 1.38 bits per heavy atom. The van der Waals surface area contributed by atoms with Gasteiger partial charge in [-0.1, -0.05) is 19.1 Å². The Morgan fingerprint density at radius 3 is 2.93 bits per heavy atom. The average molecular weight is 398 g/mol. The number of hydrogen-bond donors (Lipinski definition) is 0. The molecule has 0 amide bonds. The fourth-order valence-corrected chi connectivity index (χ4v) is 4.02. The number of methoxy groups -OCH3 is 1. The molecule has 1 unspecified atom stereocenters. The van der Waals surface area contributed by atoms with Gasteiger partial charge in [0, 0.05) is 36.1 Å². The van der Waals surface area contributed by atoms with Gasteiger partial charge >= 0.3 is 0 Å². The molecule has 3 rings (SSSR count). The molecule has 4 nitrogen and oxygen atoms in total. The van der Waals surface area contributed by atoms with Crippen LogP contribution in [0.15, 0.2) is 53.9 Å². The topological polar surface area (TPSA) is 28.1 Å². The zero-order valence-corrected chi connectivity index (χ0v) is 17.8. The quantitative estimate of drug-likeness (QED) is 0.629. The van der Waals surface area contributed by atoms with Gasteiger partial charge < -0.3 is 14.5 Å². The highest BCUT2D eigenvalue weighted by atomic mass is 19.1. The standard InChI is InChI=1S/C24H32FN3O/c1-5-21(22-17-20(29-4)11-12-23(22)25)24-26-19(13-16-27(24)3)10-8-15-28-14-7-6-9-18(28)2/h5,11-13,16-18H,1,6-10,14-15H2,2-4H3/b24-21+. The summed E-state index contributed by atoms with van der Waals surface area (Å²) in [6.07, 6.45) is 11.6. The van der Waals surface area contributed by atoms with E-state index < -0.39 is 0 Å². The van der Waals surface area contributed by atoms with E-state index in [-0.39, 0.29) is 5.82 Å². The Kier molecular flexibility index (Phi) is 7.26. The van der Waals surface area contributed by atoms with Crippen LogP contribution in [0.4, 0.5) is 4.39 Å². The normalized spacial score (nSPS) is 21.7. The molecule has 5 heteroatoms. The Bertz CT molecular complexity index is 827. The highest BCUT2D eigenvalue weighted by molar-refractivity contribution is 5.97. The lowest BCUT2D eigenvalue weighted by Crippen LogP contribution is -2.38. The average Bonchev–Trinajstić information content (AvgIpc) is 2.73. The van der Waals surface area contributed by atoms with E-state index in [4.69, 9.17) is 9.73 Å². The van der Waals surface area contributed by atoms with E-state index in [0.29, 0.717) is 28.7 Å². The smallest absolute Gasteiger partial charge is 0.140 e. The minimum Gasteiger partial charge on any atom is -0.497 e. The van der Waals surface area contributed by atoms with Crippen molar-refractivity contribution in [3.05, 3.63) is 60.3 Å². The third-order valence-corrected chi connectivity index (χ3v) is 5.80. The van der Waals surface area contributed by atoms with Crippen LogP contribution in [0, 0.1) is 5.82 Å². The van der Waals surface area contributed by atoms with Crippen LogP contribution < -0.4 is 4.74 Å². The van der Waals surface area contributed by atoms with E-state index in [2.05, 4.69) is 18.4 Å². The third kappa shape index (κ3) is 5.15. The molecule has 29 heavy (non-hydrogen) atoms. The van der Waals surface area contributed by atoms with Crippen molar-refractivity contribution in [2.24, 2.45) is 4.99 Å². The summed E-state index contributed by atoms with van der Waals surface area (Å²) in [4.78, 5) is 9.34. The van der Waals surface area contributed by atoms with Crippen LogP contribution in [-0.4, -0.2) is 48.8 Å². The van der Waals surface area contributed by atoms with Gasteiger partial charge in [0.1, 0.15) is 17.4 Å². The maximum absolute atomic E-state index is 14.5. The lowest BCUT2D eigenvalue weighted by atomic mass is 10.0. The number of halogens is 1. The van der Waals surface area contributed by atoms with Crippen LogP contribution in [0.3, 0.4) is 0 Å². The lowest BCUT2D eigenvalue weighted by Gasteiger charge is -2.33. The third-order valence-electron chi connectivity index (χ3n) is 5.80. The van der Waals surface area contributed by atoms with Crippen molar-refractivity contribution in [1.29, 1.82) is 0 Å². The minimum atomic E-state index is -0.313. The monoisotopic (exact) mass is 397 g/mol. The van der Waals surface area contributed by atoms with Crippen molar-refractivity contribution in [3.8, 4) is 5.75 Å². The minimum absolute atomic E-state index is 0.313. The molecule has 0 aliphatic carbocycles. The molecule has 1 fully saturated rings. The van der Waals surface area contributed by atoms with Crippen LogP contribution in [0.1, 0.15) is 44.6 Å². The van der Waals surface area contributed by atoms with Crippen molar-refractivity contribution < 1.29 is 9.13 Å². The molecule has 1 aromatic carbocycles. The Labute approximate surface area is 174 Å². The van der Waals surface area contributed by atoms with Crippen molar-refractivity contribution in [3.63, 3.8) is 0 Å². The number of hydrogen-bond acceptors (Lipinski definition) is 4. The van der Waals surface area contributed by atoms with Gasteiger partial charge in [-0.3, -0.25) is 0 Å². The molecular weight excluding hydrogens is 365 g/mol. The van der Waals surface area contributed by atoms with E-state index in [1.165, 1.54) is 31.9 Å². The fraction of sp³-hybridized carbons (Fsp3) is 0.458. The van der Waals surface area contributed by atoms with Crippen LogP contribution >= 0.6 is 0 Å². The zero-order chi connectivity index (χ0) is 20.8. The molecule has 1 atom stereocenters. The number of piperidine rings is 1. The molecule has 156 valence electrons. The van der Waals surface area contributed by atoms with Crippen molar-refractivity contribution in [2.45, 2.75) is 45.1 Å². The molecule has 0 spiro atoms. The van der Waals surface area contributed by atoms with Gasteiger partial charge in [-0.15, -0.1) is 0 Å². The van der Waals surface area contributed by atoms with E-state index in [1.54, 1.807) is 25.3 Å². The molecule has 0 radical (unpaired) electrons. The Morgan fingerprint density at radius 2 is 2.21 bits per heavy atom. The van der Waals surface area contributed by atoms with E-state index in [9.17, 15) is 4.39 Å². The first-order valence-corrected chi connectivity index (χ1v) is 10.5. The van der Waals surface area contributed by atoms with Gasteiger partial charge in [0.2, 0.25) is 0 Å². The summed E-state index contributed by atoms with van der Waals surface area (Å²) in [7, 11) is 3.50. The highest BCUT2D eigenvalue weighted by Gasteiger charge is 2.19. The molecule has 0 bridgehead atoms. The van der Waals surface area contributed by atoms with Crippen LogP contribution in [0.5, 0.6) is 5.75 Å². The number of benzene rings is 1. The summed E-state index contributed by atoms with van der Waals surface area (Å²) in [5, 5.41) is 0. The molecule has 0 aromatic heterocycles. The van der Waals surface area contributed by atoms with E-state index in [0.717, 1.165) is 25.1 Å². The summed E-state index contributed by atoms with van der Waals surface area (Å²) < 4.78 is 19.8. The number of aliphatic imine (C=N–C) groups is 1. The first-order valence-electron chi connectivity index (χ1n) is 10.5. The Hall–Kier alpha value is -2.40. The predicted octanol–water partition coefficient (Wildman–Crippen LogP) is 5.24. The Balaban J connectivity index is 1.79. The first-order chi connectivity index (χ1) is 14.0. The first kappa shape index (κ1) is 21.3. The molecule has 2 aliphatic heterocycles. The number of ether oxygens (including phenoxy) is 1. The van der Waals surface area contributed by atoms with Crippen LogP contribution in [0.25, 0.3) is 5.57 Å². The number of rotatable bonds is 7. The SMILES string of the molecule is C=C/C(=C1/N=C(CCCN2CCCCC2C)C=CN1C)c1cc(OC)ccc1F. The maximum Gasteiger partial charge on any atom is 0.140 e. The molecule has 2 aliphatic rings. The highest BCUT2D eigenvalue weighted by Crippen LogP contribution is 2.30. The van der Waals surface area contributed by atoms with E-state index in [1.807, 2.05) is 24.2 Å². The fourth-order valence-electron chi connectivity index (χ4n) is 4.02. The van der Waals surface area contributed by atoms with Crippen LogP contribution in [0.2, 0.25) is 0 Å². The second-order valence-electron chi connectivity index (χ2n) is 7.80. The number of nitrogens with zero attached hydrogens (tertiary/aromatic N) is 3. The molecule has 1 aromatic rings. The molecular formula is C24H32FN3O. The van der Waals surface area contributed by atoms with Gasteiger partial charge in [-0.05, 0) is 70.0 Å². The van der Waals surface area contributed by atoms with Crippen LogP contribution in [-0.2, 0) is 0 Å². The second-order valence-corrected chi connectivity index (χ2v) is 7.80. The maximum atomic E-state index is 14.5. The molecule has 0 N–H and O–H groups in total. The van der Waals surface area contributed by atoms with Gasteiger partial charge in [0.15, 0.2) is 0 Å². The second kappa shape index (κ2) is 9.88. The summed E-state index contributed by atoms with van der Waals surface area (Å²) in [5.74, 6) is 0.998.